The maximum atomic E-state index is 11.9. The number of nitrogens with zero attached hydrogens (tertiary/aromatic N) is 1. The quantitative estimate of drug-likeness (QED) is 0.785. The number of rotatable bonds is 4. The van der Waals surface area contributed by atoms with E-state index in [1.165, 1.54) is 18.3 Å². The number of methoxy groups -OCH3 is 1. The Hall–Kier alpha value is -1.31. The van der Waals surface area contributed by atoms with Crippen molar-refractivity contribution in [3.05, 3.63) is 11.1 Å². The van der Waals surface area contributed by atoms with Crippen molar-refractivity contribution in [3.8, 4) is 0 Å². The van der Waals surface area contributed by atoms with Gasteiger partial charge in [-0.3, -0.25) is 9.59 Å². The van der Waals surface area contributed by atoms with Gasteiger partial charge >= 0.3 is 0 Å². The Morgan fingerprint density at radius 1 is 1.61 bits per heavy atom. The first-order valence-electron chi connectivity index (χ1n) is 5.63. The van der Waals surface area contributed by atoms with Crippen LogP contribution in [0.25, 0.3) is 0 Å². The number of ether oxygens (including phenoxy) is 1. The lowest BCUT2D eigenvalue weighted by Crippen LogP contribution is -2.35. The highest BCUT2D eigenvalue weighted by Crippen LogP contribution is 2.17. The van der Waals surface area contributed by atoms with E-state index < -0.39 is 0 Å². The van der Waals surface area contributed by atoms with Crippen LogP contribution < -0.4 is 10.6 Å². The van der Waals surface area contributed by atoms with E-state index in [1.54, 1.807) is 12.5 Å². The molecule has 98 valence electrons. The summed E-state index contributed by atoms with van der Waals surface area (Å²) in [6.07, 6.45) is 0.720. The first-order valence-corrected chi connectivity index (χ1v) is 6.51. The first-order chi connectivity index (χ1) is 8.60. The van der Waals surface area contributed by atoms with Crippen LogP contribution >= 0.6 is 11.3 Å². The Bertz CT molecular complexity index is 460. The van der Waals surface area contributed by atoms with Crippen molar-refractivity contribution in [2.45, 2.75) is 25.5 Å². The van der Waals surface area contributed by atoms with Crippen LogP contribution in [0.2, 0.25) is 0 Å². The lowest BCUT2D eigenvalue weighted by atomic mass is 10.2. The highest BCUT2D eigenvalue weighted by Gasteiger charge is 2.29. The molecule has 0 radical (unpaired) electrons. The van der Waals surface area contributed by atoms with Crippen molar-refractivity contribution < 1.29 is 14.3 Å². The first kappa shape index (κ1) is 13.1. The molecule has 0 aromatic carbocycles. The molecule has 2 N–H and O–H groups in total. The number of ketones is 1. The van der Waals surface area contributed by atoms with E-state index in [0.29, 0.717) is 23.8 Å². The van der Waals surface area contributed by atoms with Crippen molar-refractivity contribution in [3.63, 3.8) is 0 Å². The van der Waals surface area contributed by atoms with E-state index >= 15 is 0 Å². The van der Waals surface area contributed by atoms with E-state index in [-0.39, 0.29) is 23.8 Å². The van der Waals surface area contributed by atoms with Gasteiger partial charge in [0.05, 0.1) is 12.1 Å². The Kier molecular flexibility index (Phi) is 4.05. The van der Waals surface area contributed by atoms with Gasteiger partial charge in [0.1, 0.15) is 5.69 Å². The lowest BCUT2D eigenvalue weighted by Gasteiger charge is -2.09. The number of anilines is 1. The molecule has 7 heteroatoms. The molecule has 2 heterocycles. The lowest BCUT2D eigenvalue weighted by molar-refractivity contribution is -0.118. The molecule has 6 nitrogen and oxygen atoms in total. The Morgan fingerprint density at radius 3 is 2.94 bits per heavy atom. The van der Waals surface area contributed by atoms with Crippen LogP contribution in [0.3, 0.4) is 0 Å². The minimum absolute atomic E-state index is 0.0739. The predicted molar refractivity (Wildman–Crippen MR) is 68.0 cm³/mol. The molecule has 0 spiro atoms. The summed E-state index contributed by atoms with van der Waals surface area (Å²) in [6.45, 7) is 2.12. The largest absolute Gasteiger partial charge is 0.380 e. The van der Waals surface area contributed by atoms with Gasteiger partial charge in [-0.05, 0) is 6.42 Å². The average molecular weight is 269 g/mol. The molecule has 2 rings (SSSR count). The summed E-state index contributed by atoms with van der Waals surface area (Å²) in [5.41, 5.74) is 0.379. The number of amides is 1. The third kappa shape index (κ3) is 2.92. The second-order valence-corrected chi connectivity index (χ2v) is 5.00. The summed E-state index contributed by atoms with van der Waals surface area (Å²) in [5.74, 6) is -0.246. The van der Waals surface area contributed by atoms with Gasteiger partial charge in [-0.15, -0.1) is 11.3 Å². The maximum Gasteiger partial charge on any atom is 0.243 e. The molecule has 18 heavy (non-hydrogen) atoms. The summed E-state index contributed by atoms with van der Waals surface area (Å²) in [5, 5.41) is 7.87. The number of carbonyl (C=O) groups is 2. The van der Waals surface area contributed by atoms with Crippen LogP contribution in [0.4, 0.5) is 5.13 Å². The van der Waals surface area contributed by atoms with Crippen LogP contribution in [0.15, 0.2) is 5.38 Å². The Labute approximate surface area is 109 Å². The van der Waals surface area contributed by atoms with Gasteiger partial charge in [-0.25, -0.2) is 4.98 Å². The molecule has 1 aromatic heterocycles. The average Bonchev–Trinajstić information content (AvgIpc) is 2.96. The summed E-state index contributed by atoms with van der Waals surface area (Å²) in [7, 11) is 1.63. The standard InChI is InChI=1S/C11H15N3O3S/c1-6(15)9-5-18-11(13-9)14-10(16)8-3-7(17-2)4-12-8/h5,7-8,12H,3-4H2,1-2H3,(H,13,14,16). The molecule has 0 bridgehead atoms. The highest BCUT2D eigenvalue weighted by atomic mass is 32.1. The number of Topliss-reactive ketones (excluding diaryl/α,β-unsaturated/α-hetero) is 1. The van der Waals surface area contributed by atoms with E-state index in [2.05, 4.69) is 15.6 Å². The van der Waals surface area contributed by atoms with E-state index in [9.17, 15) is 9.59 Å². The zero-order valence-electron chi connectivity index (χ0n) is 10.2. The minimum Gasteiger partial charge on any atom is -0.380 e. The fourth-order valence-corrected chi connectivity index (χ4v) is 2.52. The van der Waals surface area contributed by atoms with Gasteiger partial charge in [-0.1, -0.05) is 0 Å². The van der Waals surface area contributed by atoms with Gasteiger partial charge in [-0.2, -0.15) is 0 Å². The Morgan fingerprint density at radius 2 is 2.39 bits per heavy atom. The molecule has 2 atom stereocenters. The predicted octanol–water partition coefficient (Wildman–Crippen LogP) is 0.661. The molecule has 1 amide bonds. The van der Waals surface area contributed by atoms with Gasteiger partial charge in [0.2, 0.25) is 5.91 Å². The number of hydrogen-bond acceptors (Lipinski definition) is 6. The molecule has 1 aromatic rings. The van der Waals surface area contributed by atoms with Crippen LogP contribution in [-0.2, 0) is 9.53 Å². The van der Waals surface area contributed by atoms with Gasteiger partial charge in [0, 0.05) is 26.0 Å². The molecule has 1 saturated heterocycles. The van der Waals surface area contributed by atoms with Crippen LogP contribution in [0, 0.1) is 0 Å². The molecule has 2 unspecified atom stereocenters. The molecule has 0 saturated carbocycles. The maximum absolute atomic E-state index is 11.9. The van der Waals surface area contributed by atoms with Crippen molar-refractivity contribution in [2.75, 3.05) is 19.0 Å². The van der Waals surface area contributed by atoms with Gasteiger partial charge in [0.15, 0.2) is 10.9 Å². The summed E-state index contributed by atoms with van der Waals surface area (Å²) in [4.78, 5) is 27.0. The van der Waals surface area contributed by atoms with Crippen molar-refractivity contribution in [2.24, 2.45) is 0 Å². The summed E-state index contributed by atoms with van der Waals surface area (Å²) >= 11 is 1.25. The number of carbonyl (C=O) groups excluding carboxylic acids is 2. The number of thiazole rings is 1. The molecule has 1 fully saturated rings. The zero-order valence-corrected chi connectivity index (χ0v) is 11.0. The molecular weight excluding hydrogens is 254 g/mol. The monoisotopic (exact) mass is 269 g/mol. The van der Waals surface area contributed by atoms with E-state index in [4.69, 9.17) is 4.74 Å². The summed E-state index contributed by atoms with van der Waals surface area (Å²) < 4.78 is 5.18. The van der Waals surface area contributed by atoms with Crippen LogP contribution in [0.1, 0.15) is 23.8 Å². The zero-order chi connectivity index (χ0) is 13.1. The van der Waals surface area contributed by atoms with Gasteiger partial charge in [0.25, 0.3) is 0 Å². The van der Waals surface area contributed by atoms with E-state index in [0.717, 1.165) is 0 Å². The second kappa shape index (κ2) is 5.55. The number of hydrogen-bond donors (Lipinski definition) is 2. The smallest absolute Gasteiger partial charge is 0.243 e. The third-order valence-electron chi connectivity index (χ3n) is 2.84. The fourth-order valence-electron chi connectivity index (χ4n) is 1.77. The van der Waals surface area contributed by atoms with Crippen LogP contribution in [0.5, 0.6) is 0 Å². The topological polar surface area (TPSA) is 80.3 Å². The minimum atomic E-state index is -0.264. The normalized spacial score (nSPS) is 23.0. The SMILES string of the molecule is COC1CNC(C(=O)Nc2nc(C(C)=O)cs2)C1. The molecule has 1 aliphatic heterocycles. The molecule has 1 aliphatic rings. The van der Waals surface area contributed by atoms with Crippen LogP contribution in [-0.4, -0.2) is 42.5 Å². The second-order valence-electron chi connectivity index (χ2n) is 4.14. The fraction of sp³-hybridized carbons (Fsp3) is 0.545. The summed E-state index contributed by atoms with van der Waals surface area (Å²) in [6, 6.07) is -0.264. The van der Waals surface area contributed by atoms with Gasteiger partial charge < -0.3 is 15.4 Å². The Balaban J connectivity index is 1.93. The third-order valence-corrected chi connectivity index (χ3v) is 3.59. The molecule has 0 aliphatic carbocycles. The van der Waals surface area contributed by atoms with Crippen molar-refractivity contribution in [1.29, 1.82) is 0 Å². The highest BCUT2D eigenvalue weighted by molar-refractivity contribution is 7.14. The van der Waals surface area contributed by atoms with Crippen molar-refractivity contribution in [1.82, 2.24) is 10.3 Å². The van der Waals surface area contributed by atoms with Crippen molar-refractivity contribution >= 4 is 28.2 Å². The number of nitrogens with one attached hydrogen (secondary N) is 2. The molecular formula is C11H15N3O3S. The number of aromatic nitrogens is 1. The van der Waals surface area contributed by atoms with E-state index in [1.807, 2.05) is 0 Å².